The van der Waals surface area contributed by atoms with E-state index < -0.39 is 0 Å². The standard InChI is InChI=1S/C17H15ClN2O2/c1-12(21)19-14-9-6-13(7-10-14)8-11-17(22)20-16-5-3-2-4-15(16)18/h2-11H,1H3,(H,19,21)(H,20,22)/b11-8+. The first kappa shape index (κ1) is 15.8. The van der Waals surface area contributed by atoms with Crippen molar-refractivity contribution in [3.05, 3.63) is 65.2 Å². The number of amides is 2. The lowest BCUT2D eigenvalue weighted by Crippen LogP contribution is -2.08. The minimum Gasteiger partial charge on any atom is -0.326 e. The normalized spacial score (nSPS) is 10.5. The summed E-state index contributed by atoms with van der Waals surface area (Å²) in [5, 5.41) is 5.87. The molecule has 0 heterocycles. The van der Waals surface area contributed by atoms with Gasteiger partial charge in [0.15, 0.2) is 0 Å². The summed E-state index contributed by atoms with van der Waals surface area (Å²) >= 11 is 5.97. The molecule has 2 rings (SSSR count). The minimum absolute atomic E-state index is 0.123. The van der Waals surface area contributed by atoms with Gasteiger partial charge in [0, 0.05) is 18.7 Å². The Morgan fingerprint density at radius 1 is 1.00 bits per heavy atom. The van der Waals surface area contributed by atoms with E-state index in [2.05, 4.69) is 10.6 Å². The maximum Gasteiger partial charge on any atom is 0.248 e. The topological polar surface area (TPSA) is 58.2 Å². The molecule has 0 saturated heterocycles. The molecule has 0 aliphatic rings. The maximum atomic E-state index is 11.8. The van der Waals surface area contributed by atoms with Gasteiger partial charge in [-0.1, -0.05) is 35.9 Å². The van der Waals surface area contributed by atoms with E-state index in [0.29, 0.717) is 16.4 Å². The molecular formula is C17H15ClN2O2. The molecule has 0 aliphatic heterocycles. The Balaban J connectivity index is 1.98. The molecule has 2 amide bonds. The van der Waals surface area contributed by atoms with Crippen LogP contribution < -0.4 is 10.6 Å². The van der Waals surface area contributed by atoms with E-state index in [1.165, 1.54) is 13.0 Å². The van der Waals surface area contributed by atoms with E-state index >= 15 is 0 Å². The van der Waals surface area contributed by atoms with Crippen LogP contribution in [0.3, 0.4) is 0 Å². The Labute approximate surface area is 133 Å². The Bertz CT molecular complexity index is 709. The highest BCUT2D eigenvalue weighted by Gasteiger charge is 2.01. The van der Waals surface area contributed by atoms with Crippen LogP contribution in [0.5, 0.6) is 0 Å². The molecule has 0 unspecified atom stereocenters. The van der Waals surface area contributed by atoms with Crippen LogP contribution in [0.1, 0.15) is 12.5 Å². The molecule has 112 valence electrons. The lowest BCUT2D eigenvalue weighted by molar-refractivity contribution is -0.114. The monoisotopic (exact) mass is 314 g/mol. The van der Waals surface area contributed by atoms with E-state index in [1.807, 2.05) is 12.1 Å². The van der Waals surface area contributed by atoms with Crippen molar-refractivity contribution in [1.29, 1.82) is 0 Å². The predicted molar refractivity (Wildman–Crippen MR) is 89.9 cm³/mol. The molecule has 0 fully saturated rings. The molecule has 0 spiro atoms. The highest BCUT2D eigenvalue weighted by Crippen LogP contribution is 2.20. The van der Waals surface area contributed by atoms with E-state index in [4.69, 9.17) is 11.6 Å². The predicted octanol–water partition coefficient (Wildman–Crippen LogP) is 3.95. The molecule has 0 atom stereocenters. The Morgan fingerprint density at radius 3 is 2.32 bits per heavy atom. The molecular weight excluding hydrogens is 300 g/mol. The molecule has 0 aliphatic carbocycles. The van der Waals surface area contributed by atoms with E-state index in [9.17, 15) is 9.59 Å². The summed E-state index contributed by atoms with van der Waals surface area (Å²) in [5.41, 5.74) is 2.13. The van der Waals surface area contributed by atoms with Gasteiger partial charge in [-0.3, -0.25) is 9.59 Å². The van der Waals surface area contributed by atoms with Gasteiger partial charge in [0.25, 0.3) is 0 Å². The number of hydrogen-bond acceptors (Lipinski definition) is 2. The van der Waals surface area contributed by atoms with Crippen molar-refractivity contribution in [2.24, 2.45) is 0 Å². The SMILES string of the molecule is CC(=O)Nc1ccc(/C=C/C(=O)Nc2ccccc2Cl)cc1. The molecule has 0 radical (unpaired) electrons. The fraction of sp³-hybridized carbons (Fsp3) is 0.0588. The van der Waals surface area contributed by atoms with Crippen LogP contribution in [0, 0.1) is 0 Å². The van der Waals surface area contributed by atoms with Crippen molar-refractivity contribution >= 4 is 40.9 Å². The lowest BCUT2D eigenvalue weighted by atomic mass is 10.2. The number of hydrogen-bond donors (Lipinski definition) is 2. The number of rotatable bonds is 4. The van der Waals surface area contributed by atoms with Crippen molar-refractivity contribution in [3.8, 4) is 0 Å². The smallest absolute Gasteiger partial charge is 0.248 e. The summed E-state index contributed by atoms with van der Waals surface area (Å²) in [5.74, 6) is -0.388. The third-order valence-electron chi connectivity index (χ3n) is 2.79. The van der Waals surface area contributed by atoms with Gasteiger partial charge in [0.05, 0.1) is 10.7 Å². The average Bonchev–Trinajstić information content (AvgIpc) is 2.48. The Morgan fingerprint density at radius 2 is 1.68 bits per heavy atom. The highest BCUT2D eigenvalue weighted by molar-refractivity contribution is 6.33. The van der Waals surface area contributed by atoms with Crippen LogP contribution in [0.4, 0.5) is 11.4 Å². The molecule has 4 nitrogen and oxygen atoms in total. The minimum atomic E-state index is -0.265. The summed E-state index contributed by atoms with van der Waals surface area (Å²) in [6.07, 6.45) is 3.11. The van der Waals surface area contributed by atoms with E-state index in [0.717, 1.165) is 5.56 Å². The van der Waals surface area contributed by atoms with Crippen molar-refractivity contribution in [2.75, 3.05) is 10.6 Å². The fourth-order valence-corrected chi connectivity index (χ4v) is 1.97. The van der Waals surface area contributed by atoms with Gasteiger partial charge in [0.1, 0.15) is 0 Å². The van der Waals surface area contributed by atoms with Crippen LogP contribution in [0.2, 0.25) is 5.02 Å². The zero-order chi connectivity index (χ0) is 15.9. The summed E-state index contributed by atoms with van der Waals surface area (Å²) < 4.78 is 0. The van der Waals surface area contributed by atoms with Crippen molar-refractivity contribution in [3.63, 3.8) is 0 Å². The second kappa shape index (κ2) is 7.43. The largest absolute Gasteiger partial charge is 0.326 e. The van der Waals surface area contributed by atoms with Gasteiger partial charge >= 0.3 is 0 Å². The molecule has 22 heavy (non-hydrogen) atoms. The first-order chi connectivity index (χ1) is 10.5. The van der Waals surface area contributed by atoms with Gasteiger partial charge in [-0.05, 0) is 35.9 Å². The average molecular weight is 315 g/mol. The summed E-state index contributed by atoms with van der Waals surface area (Å²) in [6, 6.07) is 14.2. The molecule has 2 aromatic carbocycles. The van der Waals surface area contributed by atoms with Gasteiger partial charge in [0.2, 0.25) is 11.8 Å². The molecule has 0 bridgehead atoms. The fourth-order valence-electron chi connectivity index (χ4n) is 1.79. The van der Waals surface area contributed by atoms with Crippen LogP contribution >= 0.6 is 11.6 Å². The molecule has 2 N–H and O–H groups in total. The van der Waals surface area contributed by atoms with Gasteiger partial charge in [-0.25, -0.2) is 0 Å². The van der Waals surface area contributed by atoms with Crippen LogP contribution in [0.15, 0.2) is 54.6 Å². The van der Waals surface area contributed by atoms with E-state index in [-0.39, 0.29) is 11.8 Å². The van der Waals surface area contributed by atoms with Gasteiger partial charge < -0.3 is 10.6 Å². The lowest BCUT2D eigenvalue weighted by Gasteiger charge is -2.04. The van der Waals surface area contributed by atoms with Crippen molar-refractivity contribution in [2.45, 2.75) is 6.92 Å². The highest BCUT2D eigenvalue weighted by atomic mass is 35.5. The maximum absolute atomic E-state index is 11.8. The number of halogens is 1. The zero-order valence-corrected chi connectivity index (χ0v) is 12.7. The number of anilines is 2. The third-order valence-corrected chi connectivity index (χ3v) is 3.12. The second-order valence-corrected chi connectivity index (χ2v) is 5.01. The number of para-hydroxylation sites is 1. The second-order valence-electron chi connectivity index (χ2n) is 4.61. The summed E-state index contributed by atoms with van der Waals surface area (Å²) in [6.45, 7) is 1.45. The number of carbonyl (C=O) groups excluding carboxylic acids is 2. The van der Waals surface area contributed by atoms with Crippen molar-refractivity contribution < 1.29 is 9.59 Å². The van der Waals surface area contributed by atoms with Crippen LogP contribution in [-0.4, -0.2) is 11.8 Å². The summed E-state index contributed by atoms with van der Waals surface area (Å²) in [4.78, 5) is 22.8. The summed E-state index contributed by atoms with van der Waals surface area (Å²) in [7, 11) is 0. The van der Waals surface area contributed by atoms with E-state index in [1.54, 1.807) is 42.5 Å². The number of carbonyl (C=O) groups is 2. The number of benzene rings is 2. The number of nitrogens with one attached hydrogen (secondary N) is 2. The quantitative estimate of drug-likeness (QED) is 0.839. The van der Waals surface area contributed by atoms with Gasteiger partial charge in [-0.2, -0.15) is 0 Å². The molecule has 2 aromatic rings. The molecule has 0 saturated carbocycles. The Kier molecular flexibility index (Phi) is 5.33. The molecule has 5 heteroatoms. The van der Waals surface area contributed by atoms with Gasteiger partial charge in [-0.15, -0.1) is 0 Å². The zero-order valence-electron chi connectivity index (χ0n) is 12.0. The molecule has 0 aromatic heterocycles. The van der Waals surface area contributed by atoms with Crippen molar-refractivity contribution in [1.82, 2.24) is 0 Å². The van der Waals surface area contributed by atoms with Crippen LogP contribution in [0.25, 0.3) is 6.08 Å². The first-order valence-electron chi connectivity index (χ1n) is 6.66. The Hall–Kier alpha value is -2.59. The third kappa shape index (κ3) is 4.75. The van der Waals surface area contributed by atoms with Crippen LogP contribution in [-0.2, 0) is 9.59 Å². The first-order valence-corrected chi connectivity index (χ1v) is 7.03.